The third-order valence-corrected chi connectivity index (χ3v) is 4.52. The predicted molar refractivity (Wildman–Crippen MR) is 88.7 cm³/mol. The van der Waals surface area contributed by atoms with E-state index in [4.69, 9.17) is 0 Å². The van der Waals surface area contributed by atoms with E-state index in [0.717, 1.165) is 31.5 Å². The second-order valence-corrected chi connectivity index (χ2v) is 6.14. The molecule has 1 aliphatic heterocycles. The first-order valence-electron chi connectivity index (χ1n) is 8.27. The molecule has 1 atom stereocenters. The van der Waals surface area contributed by atoms with E-state index < -0.39 is 0 Å². The Morgan fingerprint density at radius 3 is 2.82 bits per heavy atom. The van der Waals surface area contributed by atoms with Crippen LogP contribution in [-0.4, -0.2) is 53.5 Å². The van der Waals surface area contributed by atoms with E-state index in [9.17, 15) is 4.79 Å². The molecular weight excluding hydrogens is 276 g/mol. The van der Waals surface area contributed by atoms with Crippen LogP contribution in [0.3, 0.4) is 0 Å². The molecule has 1 aliphatic rings. The summed E-state index contributed by atoms with van der Waals surface area (Å²) >= 11 is 0. The molecule has 1 aromatic heterocycles. The first kappa shape index (κ1) is 16.7. The number of nitrogens with one attached hydrogen (secondary N) is 1. The zero-order valence-electron chi connectivity index (χ0n) is 14.0. The van der Waals surface area contributed by atoms with Crippen molar-refractivity contribution in [2.45, 2.75) is 45.2 Å². The molecule has 1 N–H and O–H groups in total. The summed E-state index contributed by atoms with van der Waals surface area (Å²) in [5.41, 5.74) is 1.05. The number of aromatic nitrogens is 1. The zero-order chi connectivity index (χ0) is 15.9. The fourth-order valence-electron chi connectivity index (χ4n) is 2.92. The van der Waals surface area contributed by atoms with Crippen molar-refractivity contribution in [3.05, 3.63) is 30.1 Å². The van der Waals surface area contributed by atoms with Crippen LogP contribution in [0.4, 0.5) is 4.79 Å². The molecule has 122 valence electrons. The Kier molecular flexibility index (Phi) is 6.19. The van der Waals surface area contributed by atoms with Gasteiger partial charge in [0.25, 0.3) is 0 Å². The predicted octanol–water partition coefficient (Wildman–Crippen LogP) is 2.66. The largest absolute Gasteiger partial charge is 0.335 e. The van der Waals surface area contributed by atoms with E-state index in [1.54, 1.807) is 11.1 Å². The third kappa shape index (κ3) is 4.44. The van der Waals surface area contributed by atoms with E-state index in [0.29, 0.717) is 6.04 Å². The number of rotatable bonds is 5. The highest BCUT2D eigenvalue weighted by molar-refractivity contribution is 5.74. The lowest BCUT2D eigenvalue weighted by Crippen LogP contribution is -2.48. The molecule has 0 spiro atoms. The summed E-state index contributed by atoms with van der Waals surface area (Å²) < 4.78 is 0. The topological polar surface area (TPSA) is 48.5 Å². The number of urea groups is 1. The minimum atomic E-state index is 0.00490. The van der Waals surface area contributed by atoms with Crippen LogP contribution in [0.5, 0.6) is 0 Å². The van der Waals surface area contributed by atoms with Gasteiger partial charge in [0.1, 0.15) is 0 Å². The molecular formula is C17H28N4O. The zero-order valence-corrected chi connectivity index (χ0v) is 14.0. The monoisotopic (exact) mass is 304 g/mol. The molecule has 0 saturated carbocycles. The molecule has 0 aliphatic carbocycles. The van der Waals surface area contributed by atoms with Gasteiger partial charge in [0.05, 0.1) is 6.04 Å². The van der Waals surface area contributed by atoms with Gasteiger partial charge < -0.3 is 15.1 Å². The molecule has 0 aromatic carbocycles. The van der Waals surface area contributed by atoms with Crippen LogP contribution in [-0.2, 0) is 0 Å². The lowest BCUT2D eigenvalue weighted by Gasteiger charge is -2.34. The van der Waals surface area contributed by atoms with Crippen molar-refractivity contribution < 1.29 is 4.79 Å². The average molecular weight is 304 g/mol. The van der Waals surface area contributed by atoms with Gasteiger partial charge >= 0.3 is 6.03 Å². The highest BCUT2D eigenvalue weighted by Gasteiger charge is 2.23. The van der Waals surface area contributed by atoms with Crippen molar-refractivity contribution >= 4 is 6.03 Å². The maximum atomic E-state index is 12.4. The lowest BCUT2D eigenvalue weighted by molar-refractivity contribution is 0.170. The number of likely N-dealkylation sites (tertiary alicyclic amines) is 1. The van der Waals surface area contributed by atoms with Crippen molar-refractivity contribution in [1.82, 2.24) is 20.1 Å². The van der Waals surface area contributed by atoms with Gasteiger partial charge in [0, 0.05) is 38.6 Å². The normalized spacial score (nSPS) is 18.0. The van der Waals surface area contributed by atoms with Gasteiger partial charge in [-0.1, -0.05) is 13.0 Å². The van der Waals surface area contributed by atoms with Gasteiger partial charge in [0.15, 0.2) is 0 Å². The fourth-order valence-corrected chi connectivity index (χ4v) is 2.92. The molecule has 2 amide bonds. The molecule has 0 radical (unpaired) electrons. The van der Waals surface area contributed by atoms with Gasteiger partial charge in [-0.3, -0.25) is 4.98 Å². The highest BCUT2D eigenvalue weighted by atomic mass is 16.2. The average Bonchev–Trinajstić information content (AvgIpc) is 2.56. The number of hydrogen-bond donors (Lipinski definition) is 1. The van der Waals surface area contributed by atoms with Gasteiger partial charge in [-0.05, 0) is 44.4 Å². The molecule has 22 heavy (non-hydrogen) atoms. The van der Waals surface area contributed by atoms with E-state index in [1.165, 1.54) is 13.0 Å². The fraction of sp³-hybridized carbons (Fsp3) is 0.647. The molecule has 5 nitrogen and oxygen atoms in total. The molecule has 2 rings (SSSR count). The Hall–Kier alpha value is -1.62. The Labute approximate surface area is 133 Å². The van der Waals surface area contributed by atoms with Crippen molar-refractivity contribution in [2.75, 3.05) is 26.7 Å². The molecule has 2 heterocycles. The van der Waals surface area contributed by atoms with Gasteiger partial charge in [-0.15, -0.1) is 0 Å². The number of hydrogen-bond acceptors (Lipinski definition) is 3. The Balaban J connectivity index is 1.82. The van der Waals surface area contributed by atoms with Gasteiger partial charge in [0.2, 0.25) is 0 Å². The Morgan fingerprint density at radius 1 is 1.50 bits per heavy atom. The van der Waals surface area contributed by atoms with Crippen molar-refractivity contribution in [3.63, 3.8) is 0 Å². The molecule has 1 aromatic rings. The van der Waals surface area contributed by atoms with Crippen LogP contribution in [0.15, 0.2) is 24.5 Å². The van der Waals surface area contributed by atoms with Crippen LogP contribution >= 0.6 is 0 Å². The maximum absolute atomic E-state index is 12.4. The van der Waals surface area contributed by atoms with Crippen molar-refractivity contribution in [1.29, 1.82) is 0 Å². The number of amides is 2. The minimum Gasteiger partial charge on any atom is -0.335 e. The molecule has 0 bridgehead atoms. The van der Waals surface area contributed by atoms with Crippen LogP contribution in [0, 0.1) is 0 Å². The second-order valence-electron chi connectivity index (χ2n) is 6.14. The third-order valence-electron chi connectivity index (χ3n) is 4.52. The minimum absolute atomic E-state index is 0.00490. The molecule has 1 saturated heterocycles. The molecule has 1 fully saturated rings. The van der Waals surface area contributed by atoms with Crippen molar-refractivity contribution in [2.24, 2.45) is 0 Å². The summed E-state index contributed by atoms with van der Waals surface area (Å²) in [5.74, 6) is 0. The molecule has 5 heteroatoms. The second kappa shape index (κ2) is 8.13. The number of carbonyl (C=O) groups excluding carboxylic acids is 1. The van der Waals surface area contributed by atoms with E-state index >= 15 is 0 Å². The Morgan fingerprint density at radius 2 is 2.23 bits per heavy atom. The highest BCUT2D eigenvalue weighted by Crippen LogP contribution is 2.18. The Bertz CT molecular complexity index is 457. The summed E-state index contributed by atoms with van der Waals surface area (Å²) in [6.07, 6.45) is 6.85. The summed E-state index contributed by atoms with van der Waals surface area (Å²) in [5, 5.41) is 3.17. The standard InChI is InChI=1S/C17H28N4O/c1-4-10-21-11-7-16(8-12-21)19-17(22)20(3)14(2)15-6-5-9-18-13-15/h5-6,9,13-14,16H,4,7-8,10-12H2,1-3H3,(H,19,22). The summed E-state index contributed by atoms with van der Waals surface area (Å²) in [6, 6.07) is 4.23. The van der Waals surface area contributed by atoms with Crippen LogP contribution < -0.4 is 5.32 Å². The van der Waals surface area contributed by atoms with Crippen LogP contribution in [0.1, 0.15) is 44.7 Å². The summed E-state index contributed by atoms with van der Waals surface area (Å²) in [4.78, 5) is 20.8. The van der Waals surface area contributed by atoms with Crippen LogP contribution in [0.2, 0.25) is 0 Å². The van der Waals surface area contributed by atoms with Gasteiger partial charge in [-0.25, -0.2) is 4.79 Å². The number of nitrogens with zero attached hydrogens (tertiary/aromatic N) is 3. The number of pyridine rings is 1. The number of piperidine rings is 1. The van der Waals surface area contributed by atoms with Crippen LogP contribution in [0.25, 0.3) is 0 Å². The van der Waals surface area contributed by atoms with E-state index in [1.807, 2.05) is 32.3 Å². The quantitative estimate of drug-likeness (QED) is 0.910. The lowest BCUT2D eigenvalue weighted by atomic mass is 10.0. The maximum Gasteiger partial charge on any atom is 0.317 e. The van der Waals surface area contributed by atoms with E-state index in [2.05, 4.69) is 22.1 Å². The summed E-state index contributed by atoms with van der Waals surface area (Å²) in [7, 11) is 1.85. The molecule has 1 unspecified atom stereocenters. The SMILES string of the molecule is CCCN1CCC(NC(=O)N(C)C(C)c2cccnc2)CC1. The number of carbonyl (C=O) groups is 1. The van der Waals surface area contributed by atoms with Gasteiger partial charge in [-0.2, -0.15) is 0 Å². The van der Waals surface area contributed by atoms with E-state index in [-0.39, 0.29) is 12.1 Å². The smallest absolute Gasteiger partial charge is 0.317 e. The first-order valence-corrected chi connectivity index (χ1v) is 8.27. The van der Waals surface area contributed by atoms with Crippen molar-refractivity contribution in [3.8, 4) is 0 Å². The first-order chi connectivity index (χ1) is 10.6. The summed E-state index contributed by atoms with van der Waals surface area (Å²) in [6.45, 7) is 7.57.